The summed E-state index contributed by atoms with van der Waals surface area (Å²) in [4.78, 5) is 49.1. The summed E-state index contributed by atoms with van der Waals surface area (Å²) in [6.45, 7) is 3.52. The van der Waals surface area contributed by atoms with E-state index < -0.39 is 82.7 Å². The van der Waals surface area contributed by atoms with Gasteiger partial charge < -0.3 is 65.5 Å². The lowest BCUT2D eigenvalue weighted by Gasteiger charge is -2.66. The van der Waals surface area contributed by atoms with Crippen molar-refractivity contribution in [1.29, 1.82) is 0 Å². The number of carbonyl (C=O) groups excluding carboxylic acids is 4. The second-order valence-electron chi connectivity index (χ2n) is 19.4. The maximum atomic E-state index is 13.0. The fourth-order valence-electron chi connectivity index (χ4n) is 12.8. The van der Waals surface area contributed by atoms with E-state index in [2.05, 4.69) is 26.5 Å². The number of rotatable bonds is 15. The first-order valence-electron chi connectivity index (χ1n) is 22.7. The van der Waals surface area contributed by atoms with E-state index >= 15 is 0 Å². The lowest BCUT2D eigenvalue weighted by molar-refractivity contribution is -0.317. The monoisotopic (exact) mass is 907 g/mol. The molecule has 63 heavy (non-hydrogen) atoms. The fraction of sp³-hybridized carbons (Fsp3) is 0.837. The van der Waals surface area contributed by atoms with Gasteiger partial charge in [-0.1, -0.05) is 13.3 Å². The minimum Gasteiger partial charge on any atom is -0.458 e. The smallest absolute Gasteiger partial charge is 0.331 e. The van der Waals surface area contributed by atoms with Crippen LogP contribution in [0.25, 0.3) is 0 Å². The summed E-state index contributed by atoms with van der Waals surface area (Å²) in [7, 11) is 0. The zero-order valence-electron chi connectivity index (χ0n) is 36.0. The summed E-state index contributed by atoms with van der Waals surface area (Å²) in [5.41, 5.74) is -1.76. The molecule has 4 aliphatic carbocycles. The van der Waals surface area contributed by atoms with Gasteiger partial charge in [0.25, 0.3) is 5.91 Å². The molecule has 0 unspecified atom stereocenters. The van der Waals surface area contributed by atoms with Crippen molar-refractivity contribution < 1.29 is 68.8 Å². The van der Waals surface area contributed by atoms with Crippen molar-refractivity contribution in [2.24, 2.45) is 33.7 Å². The van der Waals surface area contributed by atoms with Crippen molar-refractivity contribution in [1.82, 2.24) is 21.4 Å². The van der Waals surface area contributed by atoms with Crippen LogP contribution in [-0.4, -0.2) is 164 Å². The van der Waals surface area contributed by atoms with Crippen molar-refractivity contribution in [3.8, 4) is 0 Å². The summed E-state index contributed by atoms with van der Waals surface area (Å²) in [6, 6.07) is 0.195. The number of nitrogens with one attached hydrogen (secondary N) is 4. The van der Waals surface area contributed by atoms with Gasteiger partial charge in [0.15, 0.2) is 6.29 Å². The van der Waals surface area contributed by atoms with E-state index in [0.29, 0.717) is 37.4 Å². The van der Waals surface area contributed by atoms with Gasteiger partial charge in [-0.05, 0) is 88.0 Å². The third-order valence-electron chi connectivity index (χ3n) is 16.2. The first kappa shape index (κ1) is 46.6. The highest BCUT2D eigenvalue weighted by Crippen LogP contribution is 2.70. The van der Waals surface area contributed by atoms with Gasteiger partial charge in [-0.15, -0.1) is 0 Å². The van der Waals surface area contributed by atoms with Crippen molar-refractivity contribution in [3.05, 3.63) is 11.6 Å². The van der Waals surface area contributed by atoms with Gasteiger partial charge in [0.1, 0.15) is 31.5 Å². The highest BCUT2D eigenvalue weighted by molar-refractivity contribution is 8.00. The zero-order chi connectivity index (χ0) is 44.9. The molecule has 7 fully saturated rings. The molecule has 3 saturated heterocycles. The van der Waals surface area contributed by atoms with E-state index in [-0.39, 0.29) is 87.9 Å². The summed E-state index contributed by atoms with van der Waals surface area (Å²) < 4.78 is 22.7. The number of aliphatic hydroxyl groups is 6. The maximum Gasteiger partial charge on any atom is 0.331 e. The number of nitrogens with zero attached hydrogens (tertiary/aromatic N) is 1. The molecule has 4 heterocycles. The third-order valence-corrected chi connectivity index (χ3v) is 17.7. The molecule has 10 N–H and O–H groups in total. The highest BCUT2D eigenvalue weighted by atomic mass is 32.2. The van der Waals surface area contributed by atoms with Crippen LogP contribution in [0, 0.1) is 28.6 Å². The number of hydrazone groups is 1. The molecule has 4 amide bonds. The molecule has 4 aliphatic heterocycles. The predicted octanol–water partition coefficient (Wildman–Crippen LogP) is -0.517. The van der Waals surface area contributed by atoms with E-state index in [1.54, 1.807) is 13.1 Å². The number of fused-ring (bicyclic) bond motifs is 6. The van der Waals surface area contributed by atoms with Crippen LogP contribution in [0.4, 0.5) is 4.79 Å². The lowest BCUT2D eigenvalue weighted by Crippen LogP contribution is -2.71. The van der Waals surface area contributed by atoms with Crippen LogP contribution in [0.1, 0.15) is 90.9 Å². The normalized spacial score (nSPS) is 45.3. The van der Waals surface area contributed by atoms with Crippen LogP contribution in [0.5, 0.6) is 0 Å². The van der Waals surface area contributed by atoms with E-state index in [1.165, 1.54) is 6.08 Å². The molecule has 0 aromatic carbocycles. The molecule has 19 nitrogen and oxygen atoms in total. The number of unbranched alkanes of at least 4 members (excludes halogenated alkanes) is 1. The molecule has 17 atom stereocenters. The van der Waals surface area contributed by atoms with Gasteiger partial charge in [0.05, 0.1) is 48.2 Å². The average Bonchev–Trinajstić information content (AvgIpc) is 4.01. The van der Waals surface area contributed by atoms with E-state index in [0.717, 1.165) is 30.6 Å². The molecule has 0 aromatic rings. The Morgan fingerprint density at radius 3 is 2.60 bits per heavy atom. The largest absolute Gasteiger partial charge is 0.458 e. The van der Waals surface area contributed by atoms with E-state index in [1.807, 2.05) is 18.7 Å². The second kappa shape index (κ2) is 18.4. The van der Waals surface area contributed by atoms with Crippen molar-refractivity contribution in [3.63, 3.8) is 0 Å². The second-order valence-corrected chi connectivity index (χ2v) is 20.7. The molecule has 0 radical (unpaired) electrons. The Kier molecular flexibility index (Phi) is 13.6. The Morgan fingerprint density at radius 1 is 1.02 bits per heavy atom. The Bertz CT molecular complexity index is 1810. The van der Waals surface area contributed by atoms with Crippen LogP contribution in [-0.2, 0) is 33.3 Å². The quantitative estimate of drug-likeness (QED) is 0.0247. The van der Waals surface area contributed by atoms with Crippen molar-refractivity contribution in [2.75, 3.05) is 32.1 Å². The Hall–Kier alpha value is -2.92. The summed E-state index contributed by atoms with van der Waals surface area (Å²) >= 11 is 1.84. The first-order chi connectivity index (χ1) is 30.0. The maximum absolute atomic E-state index is 13.0. The molecule has 0 bridgehead atoms. The Labute approximate surface area is 370 Å². The lowest BCUT2D eigenvalue weighted by atomic mass is 9.41. The topological polar surface area (TPSA) is 287 Å². The van der Waals surface area contributed by atoms with E-state index in [9.17, 15) is 49.8 Å². The van der Waals surface area contributed by atoms with Gasteiger partial charge in [-0.3, -0.25) is 9.59 Å². The molecule has 8 aliphatic rings. The molecular weight excluding hydrogens is 843 g/mol. The highest BCUT2D eigenvalue weighted by Gasteiger charge is 2.73. The zero-order valence-corrected chi connectivity index (χ0v) is 36.8. The number of urea groups is 1. The number of carbonyl (C=O) groups is 4. The fourth-order valence-corrected chi connectivity index (χ4v) is 14.4. The first-order valence-corrected chi connectivity index (χ1v) is 23.8. The SMILES string of the molecule is C[C@@H]1O[C@@H](O[C@H]2CC[C@]3(/C=N/NC(=O)COCCNC(=O)CCCC[C@@H]4SC[C@@H]5NC(=O)N[C@@H]54)[C@H]4C[C@@H](O)[C@]5(C)[C@@H](C6=CC(=O)OC6)CC[C@]5(O)[C@@H]4CC[C@]3(O)C2)[C@H](O)[C@H](O)[C@H]1O. The van der Waals surface area contributed by atoms with Crippen LogP contribution >= 0.6 is 11.8 Å². The molecule has 8 rings (SSSR count). The van der Waals surface area contributed by atoms with Gasteiger partial charge in [-0.25, -0.2) is 15.0 Å². The molecular formula is C43H65N5O14S. The average molecular weight is 908 g/mol. The predicted molar refractivity (Wildman–Crippen MR) is 225 cm³/mol. The number of thioether (sulfide) groups is 1. The number of amides is 4. The van der Waals surface area contributed by atoms with E-state index in [4.69, 9.17) is 18.9 Å². The Morgan fingerprint density at radius 2 is 1.83 bits per heavy atom. The van der Waals surface area contributed by atoms with Gasteiger partial charge >= 0.3 is 12.0 Å². The van der Waals surface area contributed by atoms with Gasteiger partial charge in [0, 0.05) is 53.5 Å². The number of ether oxygens (including phenoxy) is 4. The van der Waals surface area contributed by atoms with Gasteiger partial charge in [-0.2, -0.15) is 16.9 Å². The number of aliphatic hydroxyl groups excluding tert-OH is 4. The molecule has 0 spiro atoms. The summed E-state index contributed by atoms with van der Waals surface area (Å²) in [5.74, 6) is -1.39. The van der Waals surface area contributed by atoms with Gasteiger partial charge in [0.2, 0.25) is 5.91 Å². The summed E-state index contributed by atoms with van der Waals surface area (Å²) in [5, 5.41) is 82.6. The van der Waals surface area contributed by atoms with Crippen LogP contribution in [0.3, 0.4) is 0 Å². The number of esters is 1. The molecule has 4 saturated carbocycles. The number of hydrogen-bond donors (Lipinski definition) is 10. The number of hydrogen-bond acceptors (Lipinski definition) is 16. The molecule has 0 aromatic heterocycles. The third kappa shape index (κ3) is 8.55. The Balaban J connectivity index is 0.883. The molecule has 20 heteroatoms. The minimum atomic E-state index is -1.53. The standard InChI is InChI=1S/C43H65N5O14S/c1-22-35(53)36(54)37(55)38(61-22)62-24-7-10-41(21-45-48-32(51)19-59-14-13-44-31(50)6-4-3-5-29-34-28(20-63-29)46-39(56)47-34)27-16-30(49)40(2)25(23-15-33(52)60-18-23)9-12-43(40,58)26(27)8-11-42(41,57)17-24/h15,21-22,24-30,34-38,49,53-55,57-58H,3-14,16-20H2,1-2H3,(H,44,50)(H,48,51)(H2,46,47,56)/b45-21+/t22-,24-,25+,26+,27-,28-,29-,30+,34-,35-,36+,37+,38-,40-,41-,42-,43-/m0/s1. The van der Waals surface area contributed by atoms with Crippen LogP contribution < -0.4 is 21.4 Å². The summed E-state index contributed by atoms with van der Waals surface area (Å²) in [6.07, 6.45) is 0.183. The minimum absolute atomic E-state index is 0.0587. The van der Waals surface area contributed by atoms with Crippen LogP contribution in [0.2, 0.25) is 0 Å². The van der Waals surface area contributed by atoms with Crippen LogP contribution in [0.15, 0.2) is 16.8 Å². The van der Waals surface area contributed by atoms with Crippen molar-refractivity contribution in [2.45, 2.75) is 162 Å². The number of cyclic esters (lactones) is 1. The van der Waals surface area contributed by atoms with Crippen molar-refractivity contribution >= 4 is 41.8 Å². The molecule has 352 valence electrons.